The Hall–Kier alpha value is -1.80. The van der Waals surface area contributed by atoms with Crippen molar-refractivity contribution in [3.63, 3.8) is 0 Å². The zero-order chi connectivity index (χ0) is 18.2. The van der Waals surface area contributed by atoms with Crippen molar-refractivity contribution in [1.82, 2.24) is 15.3 Å². The number of hydrogen-bond donors (Lipinski definition) is 1. The Labute approximate surface area is 158 Å². The Morgan fingerprint density at radius 1 is 1.48 bits per heavy atom. The quantitative estimate of drug-likeness (QED) is 0.749. The van der Waals surface area contributed by atoms with Gasteiger partial charge in [-0.15, -0.1) is 11.3 Å². The molecule has 1 atom stereocenters. The summed E-state index contributed by atoms with van der Waals surface area (Å²) in [6, 6.07) is 2.06. The Balaban J connectivity index is 2.01. The zero-order valence-electron chi connectivity index (χ0n) is 14.5. The predicted octanol–water partition coefficient (Wildman–Crippen LogP) is 4.04. The summed E-state index contributed by atoms with van der Waals surface area (Å²) >= 11 is 5.13. The normalized spacial score (nSPS) is 21.6. The lowest BCUT2D eigenvalue weighted by molar-refractivity contribution is 0.0603. The number of halogens is 1. The van der Waals surface area contributed by atoms with E-state index in [1.165, 1.54) is 6.33 Å². The average Bonchev–Trinajstić information content (AvgIpc) is 2.92. The summed E-state index contributed by atoms with van der Waals surface area (Å²) < 4.78 is 6.34. The minimum Gasteiger partial charge on any atom is -0.442 e. The number of nitrogens with one attached hydrogen (secondary N) is 1. The second kappa shape index (κ2) is 6.49. The first-order valence-corrected chi connectivity index (χ1v) is 9.47. The molecule has 25 heavy (non-hydrogen) atoms. The van der Waals surface area contributed by atoms with Crippen LogP contribution < -0.4 is 5.32 Å². The molecule has 132 valence electrons. The van der Waals surface area contributed by atoms with Gasteiger partial charge in [-0.25, -0.2) is 14.8 Å². The van der Waals surface area contributed by atoms with Crippen LogP contribution in [0.2, 0.25) is 0 Å². The molecule has 1 N–H and O–H groups in total. The highest BCUT2D eigenvalue weighted by atomic mass is 79.9. The maximum Gasteiger partial charge on any atom is 0.436 e. The van der Waals surface area contributed by atoms with Crippen molar-refractivity contribution in [2.24, 2.45) is 4.99 Å². The minimum atomic E-state index is -0.638. The molecule has 0 spiro atoms. The summed E-state index contributed by atoms with van der Waals surface area (Å²) in [6.45, 7) is 7.50. The van der Waals surface area contributed by atoms with Crippen LogP contribution in [0, 0.1) is 0 Å². The van der Waals surface area contributed by atoms with E-state index in [0.717, 1.165) is 20.6 Å². The highest BCUT2D eigenvalue weighted by Crippen LogP contribution is 2.35. The molecule has 1 aliphatic heterocycles. The van der Waals surface area contributed by atoms with Gasteiger partial charge in [0, 0.05) is 27.3 Å². The average molecular weight is 423 g/mol. The first-order valence-electron chi connectivity index (χ1n) is 7.80. The van der Waals surface area contributed by atoms with Crippen LogP contribution in [0.4, 0.5) is 4.79 Å². The number of ether oxygens (including phenoxy) is 1. The SMILES string of the molecule is CC(C)(C)OC(=O)/N=C1/N[C@](C)(c2cc(Br)cs2)Cc2ncncc21. The molecular weight excluding hydrogens is 404 g/mol. The van der Waals surface area contributed by atoms with Gasteiger partial charge >= 0.3 is 6.09 Å². The zero-order valence-corrected chi connectivity index (χ0v) is 16.9. The van der Waals surface area contributed by atoms with Gasteiger partial charge in [0.1, 0.15) is 17.8 Å². The summed E-state index contributed by atoms with van der Waals surface area (Å²) in [5.74, 6) is 0.433. The van der Waals surface area contributed by atoms with Gasteiger partial charge in [-0.05, 0) is 49.7 Å². The standard InChI is InChI=1S/C17H19BrN4O2S/c1-16(2,3)24-15(23)21-14-11-7-19-9-20-12(11)6-17(4,22-14)13-5-10(18)8-25-13/h5,7-9H,6H2,1-4H3,(H,21,22,23)/t17-/m0/s1. The number of aromatic nitrogens is 2. The third-order valence-electron chi connectivity index (χ3n) is 3.67. The molecule has 3 rings (SSSR count). The van der Waals surface area contributed by atoms with Gasteiger partial charge in [-0.1, -0.05) is 0 Å². The Bertz CT molecular complexity index is 843. The van der Waals surface area contributed by atoms with Crippen LogP contribution in [-0.4, -0.2) is 27.5 Å². The lowest BCUT2D eigenvalue weighted by Crippen LogP contribution is -2.49. The Morgan fingerprint density at radius 2 is 2.24 bits per heavy atom. The smallest absolute Gasteiger partial charge is 0.436 e. The lowest BCUT2D eigenvalue weighted by Gasteiger charge is -2.36. The number of aliphatic imine (C=N–C) groups is 1. The largest absolute Gasteiger partial charge is 0.442 e. The fraction of sp³-hybridized carbons (Fsp3) is 0.412. The van der Waals surface area contributed by atoms with E-state index in [1.54, 1.807) is 17.5 Å². The molecule has 0 saturated heterocycles. The van der Waals surface area contributed by atoms with Gasteiger partial charge in [0.15, 0.2) is 0 Å². The van der Waals surface area contributed by atoms with Gasteiger partial charge in [0.25, 0.3) is 0 Å². The maximum atomic E-state index is 12.2. The molecule has 8 heteroatoms. The molecule has 1 amide bonds. The first-order chi connectivity index (χ1) is 11.7. The second-order valence-corrected chi connectivity index (χ2v) is 8.91. The number of amidine groups is 1. The number of thiophene rings is 1. The van der Waals surface area contributed by atoms with Crippen LogP contribution >= 0.6 is 27.3 Å². The number of rotatable bonds is 1. The molecule has 0 aromatic carbocycles. The van der Waals surface area contributed by atoms with Crippen LogP contribution in [0.3, 0.4) is 0 Å². The molecule has 3 heterocycles. The van der Waals surface area contributed by atoms with E-state index >= 15 is 0 Å². The number of nitrogens with zero attached hydrogens (tertiary/aromatic N) is 3. The Kier molecular flexibility index (Phi) is 4.68. The van der Waals surface area contributed by atoms with Crippen LogP contribution in [0.15, 0.2) is 33.4 Å². The van der Waals surface area contributed by atoms with Gasteiger partial charge < -0.3 is 10.1 Å². The van der Waals surface area contributed by atoms with Crippen LogP contribution in [0.1, 0.15) is 43.8 Å². The van der Waals surface area contributed by atoms with Crippen LogP contribution in [-0.2, 0) is 16.7 Å². The Morgan fingerprint density at radius 3 is 2.88 bits per heavy atom. The van der Waals surface area contributed by atoms with E-state index in [1.807, 2.05) is 26.2 Å². The summed E-state index contributed by atoms with van der Waals surface area (Å²) in [4.78, 5) is 25.9. The third kappa shape index (κ3) is 4.07. The van der Waals surface area contributed by atoms with Crippen LogP contribution in [0.5, 0.6) is 0 Å². The summed E-state index contributed by atoms with van der Waals surface area (Å²) in [5, 5.41) is 5.42. The number of amides is 1. The summed E-state index contributed by atoms with van der Waals surface area (Å²) in [5.41, 5.74) is 0.552. The molecule has 2 aromatic rings. The van der Waals surface area contributed by atoms with Gasteiger partial charge in [-0.2, -0.15) is 4.99 Å². The fourth-order valence-electron chi connectivity index (χ4n) is 2.62. The van der Waals surface area contributed by atoms with Crippen molar-refractivity contribution in [2.75, 3.05) is 0 Å². The topological polar surface area (TPSA) is 76.5 Å². The molecule has 1 aliphatic rings. The van der Waals surface area contributed by atoms with E-state index in [2.05, 4.69) is 49.2 Å². The highest BCUT2D eigenvalue weighted by molar-refractivity contribution is 9.10. The van der Waals surface area contributed by atoms with Crippen molar-refractivity contribution in [2.45, 2.75) is 45.3 Å². The van der Waals surface area contributed by atoms with E-state index in [9.17, 15) is 4.79 Å². The third-order valence-corrected chi connectivity index (χ3v) is 5.63. The predicted molar refractivity (Wildman–Crippen MR) is 101 cm³/mol. The second-order valence-electron chi connectivity index (χ2n) is 7.09. The number of fused-ring (bicyclic) bond motifs is 1. The molecule has 0 unspecified atom stereocenters. The van der Waals surface area contributed by atoms with Crippen molar-refractivity contribution in [3.8, 4) is 0 Å². The van der Waals surface area contributed by atoms with Crippen LogP contribution in [0.25, 0.3) is 0 Å². The van der Waals surface area contributed by atoms with Crippen molar-refractivity contribution >= 4 is 39.2 Å². The maximum absolute atomic E-state index is 12.2. The van der Waals surface area contributed by atoms with E-state index < -0.39 is 17.2 Å². The van der Waals surface area contributed by atoms with Crippen molar-refractivity contribution in [1.29, 1.82) is 0 Å². The number of carbonyl (C=O) groups excluding carboxylic acids is 1. The van der Waals surface area contributed by atoms with Gasteiger partial charge in [0.2, 0.25) is 0 Å². The molecule has 0 fully saturated rings. The molecule has 2 aromatic heterocycles. The molecule has 0 radical (unpaired) electrons. The molecule has 0 bridgehead atoms. The van der Waals surface area contributed by atoms with E-state index in [4.69, 9.17) is 4.74 Å². The fourth-order valence-corrected chi connectivity index (χ4v) is 4.16. The first kappa shape index (κ1) is 18.0. The van der Waals surface area contributed by atoms with Gasteiger partial charge in [0.05, 0.1) is 16.8 Å². The monoisotopic (exact) mass is 422 g/mol. The minimum absolute atomic E-state index is 0.418. The van der Waals surface area contributed by atoms with E-state index in [0.29, 0.717) is 12.3 Å². The number of carbonyl (C=O) groups is 1. The summed E-state index contributed by atoms with van der Waals surface area (Å²) in [7, 11) is 0. The van der Waals surface area contributed by atoms with Crippen molar-refractivity contribution < 1.29 is 9.53 Å². The lowest BCUT2D eigenvalue weighted by atomic mass is 9.88. The molecule has 0 aliphatic carbocycles. The highest BCUT2D eigenvalue weighted by Gasteiger charge is 2.37. The van der Waals surface area contributed by atoms with Crippen molar-refractivity contribution in [3.05, 3.63) is 44.6 Å². The molecular formula is C17H19BrN4O2S. The van der Waals surface area contributed by atoms with Gasteiger partial charge in [-0.3, -0.25) is 0 Å². The number of hydrogen-bond acceptors (Lipinski definition) is 5. The van der Waals surface area contributed by atoms with E-state index in [-0.39, 0.29) is 0 Å². The molecule has 6 nitrogen and oxygen atoms in total. The summed E-state index contributed by atoms with van der Waals surface area (Å²) in [6.07, 6.45) is 3.22. The molecule has 0 saturated carbocycles.